The summed E-state index contributed by atoms with van der Waals surface area (Å²) in [6, 6.07) is 4.42. The predicted octanol–water partition coefficient (Wildman–Crippen LogP) is 3.10. The Labute approximate surface area is 123 Å². The molecule has 0 aromatic heterocycles. The number of benzene rings is 1. The maximum Gasteiger partial charge on any atom is 0.224 e. The standard InChI is InChI=1S/C15H19ClFNO2/c16-13-5-3-6-14(17)12(13)10-15(19)18-8-7-11-4-1-2-9-20-11/h3,5-6,11H,1-2,4,7-10H2,(H,18,19). The molecule has 2 rings (SSSR count). The van der Waals surface area contributed by atoms with Crippen molar-refractivity contribution in [2.75, 3.05) is 13.2 Å². The molecule has 0 bridgehead atoms. The molecule has 0 saturated carbocycles. The van der Waals surface area contributed by atoms with E-state index in [2.05, 4.69) is 5.32 Å². The minimum Gasteiger partial charge on any atom is -0.378 e. The first-order chi connectivity index (χ1) is 9.66. The summed E-state index contributed by atoms with van der Waals surface area (Å²) >= 11 is 5.89. The summed E-state index contributed by atoms with van der Waals surface area (Å²) in [6.07, 6.45) is 4.36. The molecule has 1 heterocycles. The van der Waals surface area contributed by atoms with Crippen LogP contribution in [0.1, 0.15) is 31.2 Å². The van der Waals surface area contributed by atoms with E-state index in [4.69, 9.17) is 16.3 Å². The zero-order chi connectivity index (χ0) is 14.4. The minimum absolute atomic E-state index is 0.0307. The molecule has 0 aliphatic carbocycles. The SMILES string of the molecule is O=C(Cc1c(F)cccc1Cl)NCCC1CCCCO1. The molecule has 5 heteroatoms. The van der Waals surface area contributed by atoms with Gasteiger partial charge in [-0.25, -0.2) is 4.39 Å². The van der Waals surface area contributed by atoms with Crippen LogP contribution < -0.4 is 5.32 Å². The lowest BCUT2D eigenvalue weighted by Crippen LogP contribution is -2.30. The van der Waals surface area contributed by atoms with E-state index >= 15 is 0 Å². The first-order valence-electron chi connectivity index (χ1n) is 6.98. The van der Waals surface area contributed by atoms with Crippen molar-refractivity contribution >= 4 is 17.5 Å². The van der Waals surface area contributed by atoms with Crippen LogP contribution in [0.4, 0.5) is 4.39 Å². The molecule has 1 N–H and O–H groups in total. The fourth-order valence-corrected chi connectivity index (χ4v) is 2.56. The normalized spacial score (nSPS) is 18.8. The van der Waals surface area contributed by atoms with E-state index in [1.165, 1.54) is 18.6 Å². The fourth-order valence-electron chi connectivity index (χ4n) is 2.33. The highest BCUT2D eigenvalue weighted by Gasteiger charge is 2.15. The van der Waals surface area contributed by atoms with E-state index in [9.17, 15) is 9.18 Å². The number of nitrogens with one attached hydrogen (secondary N) is 1. The first kappa shape index (κ1) is 15.3. The van der Waals surface area contributed by atoms with Crippen molar-refractivity contribution in [1.29, 1.82) is 0 Å². The maximum atomic E-state index is 13.5. The number of halogens is 2. The lowest BCUT2D eigenvalue weighted by molar-refractivity contribution is -0.120. The topological polar surface area (TPSA) is 38.3 Å². The fraction of sp³-hybridized carbons (Fsp3) is 0.533. The Kier molecular flexibility index (Phi) is 5.80. The summed E-state index contributed by atoms with van der Waals surface area (Å²) in [5.74, 6) is -0.656. The molecule has 1 aliphatic rings. The molecule has 1 aromatic carbocycles. The van der Waals surface area contributed by atoms with E-state index in [1.54, 1.807) is 6.07 Å². The van der Waals surface area contributed by atoms with Crippen LogP contribution in [0.2, 0.25) is 5.02 Å². The maximum absolute atomic E-state index is 13.5. The van der Waals surface area contributed by atoms with Gasteiger partial charge >= 0.3 is 0 Å². The highest BCUT2D eigenvalue weighted by molar-refractivity contribution is 6.31. The monoisotopic (exact) mass is 299 g/mol. The lowest BCUT2D eigenvalue weighted by Gasteiger charge is -2.22. The van der Waals surface area contributed by atoms with Gasteiger partial charge in [0.2, 0.25) is 5.91 Å². The van der Waals surface area contributed by atoms with E-state index in [0.29, 0.717) is 6.54 Å². The van der Waals surface area contributed by atoms with Crippen molar-refractivity contribution in [1.82, 2.24) is 5.32 Å². The van der Waals surface area contributed by atoms with E-state index in [0.717, 1.165) is 25.9 Å². The van der Waals surface area contributed by atoms with Crippen LogP contribution in [0.5, 0.6) is 0 Å². The van der Waals surface area contributed by atoms with Crippen LogP contribution in [0, 0.1) is 5.82 Å². The highest BCUT2D eigenvalue weighted by Crippen LogP contribution is 2.19. The molecule has 20 heavy (non-hydrogen) atoms. The Morgan fingerprint density at radius 2 is 2.30 bits per heavy atom. The minimum atomic E-state index is -0.441. The average molecular weight is 300 g/mol. The van der Waals surface area contributed by atoms with Gasteiger partial charge in [0.25, 0.3) is 0 Å². The molecule has 1 saturated heterocycles. The molecule has 1 aliphatic heterocycles. The third-order valence-corrected chi connectivity index (χ3v) is 3.82. The van der Waals surface area contributed by atoms with Crippen molar-refractivity contribution in [2.45, 2.75) is 38.2 Å². The molecule has 0 spiro atoms. The smallest absolute Gasteiger partial charge is 0.224 e. The summed E-state index contributed by atoms with van der Waals surface area (Å²) < 4.78 is 19.1. The molecule has 1 atom stereocenters. The highest BCUT2D eigenvalue weighted by atomic mass is 35.5. The number of ether oxygens (including phenoxy) is 1. The van der Waals surface area contributed by atoms with Crippen molar-refractivity contribution in [3.05, 3.63) is 34.6 Å². The third-order valence-electron chi connectivity index (χ3n) is 3.46. The number of hydrogen-bond acceptors (Lipinski definition) is 2. The second-order valence-electron chi connectivity index (χ2n) is 5.00. The Bertz CT molecular complexity index is 441. The molecular weight excluding hydrogens is 281 g/mol. The summed E-state index contributed by atoms with van der Waals surface area (Å²) in [5.41, 5.74) is 0.251. The molecule has 3 nitrogen and oxygen atoms in total. The van der Waals surface area contributed by atoms with Gasteiger partial charge in [0.05, 0.1) is 12.5 Å². The van der Waals surface area contributed by atoms with Gasteiger partial charge in [-0.3, -0.25) is 4.79 Å². The van der Waals surface area contributed by atoms with Crippen LogP contribution >= 0.6 is 11.6 Å². The van der Waals surface area contributed by atoms with Gasteiger partial charge in [0, 0.05) is 23.7 Å². The molecule has 1 amide bonds. The number of hydrogen-bond donors (Lipinski definition) is 1. The van der Waals surface area contributed by atoms with Crippen molar-refractivity contribution in [2.24, 2.45) is 0 Å². The summed E-state index contributed by atoms with van der Waals surface area (Å²) in [7, 11) is 0. The molecule has 0 radical (unpaired) electrons. The van der Waals surface area contributed by atoms with Crippen LogP contribution in [-0.4, -0.2) is 25.2 Å². The van der Waals surface area contributed by atoms with Crippen molar-refractivity contribution in [3.63, 3.8) is 0 Å². The van der Waals surface area contributed by atoms with Crippen LogP contribution in [0.25, 0.3) is 0 Å². The second kappa shape index (κ2) is 7.60. The predicted molar refractivity (Wildman–Crippen MR) is 76.3 cm³/mol. The summed E-state index contributed by atoms with van der Waals surface area (Å²) in [4.78, 5) is 11.8. The molecular formula is C15H19ClFNO2. The molecule has 1 aromatic rings. The largest absolute Gasteiger partial charge is 0.378 e. The first-order valence-corrected chi connectivity index (χ1v) is 7.36. The molecule has 1 unspecified atom stereocenters. The third kappa shape index (κ3) is 4.46. The lowest BCUT2D eigenvalue weighted by atomic mass is 10.1. The Morgan fingerprint density at radius 1 is 1.45 bits per heavy atom. The van der Waals surface area contributed by atoms with Gasteiger partial charge in [-0.2, -0.15) is 0 Å². The quantitative estimate of drug-likeness (QED) is 0.907. The van der Waals surface area contributed by atoms with Crippen molar-refractivity contribution in [3.8, 4) is 0 Å². The zero-order valence-electron chi connectivity index (χ0n) is 11.3. The van der Waals surface area contributed by atoms with Gasteiger partial charge in [0.15, 0.2) is 0 Å². The van der Waals surface area contributed by atoms with Crippen molar-refractivity contribution < 1.29 is 13.9 Å². The van der Waals surface area contributed by atoms with Gasteiger partial charge in [-0.1, -0.05) is 17.7 Å². The summed E-state index contributed by atoms with van der Waals surface area (Å²) in [5, 5.41) is 3.08. The van der Waals surface area contributed by atoms with Crippen LogP contribution in [0.15, 0.2) is 18.2 Å². The van der Waals surface area contributed by atoms with Gasteiger partial charge in [-0.15, -0.1) is 0 Å². The Hall–Kier alpha value is -1.13. The van der Waals surface area contributed by atoms with Gasteiger partial charge < -0.3 is 10.1 Å². The van der Waals surface area contributed by atoms with E-state index in [-0.39, 0.29) is 29.0 Å². The Balaban J connectivity index is 1.75. The van der Waals surface area contributed by atoms with E-state index < -0.39 is 5.82 Å². The average Bonchev–Trinajstić information content (AvgIpc) is 2.44. The Morgan fingerprint density at radius 3 is 3.00 bits per heavy atom. The van der Waals surface area contributed by atoms with Gasteiger partial charge in [0.1, 0.15) is 5.82 Å². The number of carbonyl (C=O) groups excluding carboxylic acids is 1. The van der Waals surface area contributed by atoms with E-state index in [1.807, 2.05) is 0 Å². The van der Waals surface area contributed by atoms with Crippen LogP contribution in [-0.2, 0) is 16.0 Å². The molecule has 110 valence electrons. The van der Waals surface area contributed by atoms with Crippen LogP contribution in [0.3, 0.4) is 0 Å². The number of amides is 1. The zero-order valence-corrected chi connectivity index (χ0v) is 12.1. The second-order valence-corrected chi connectivity index (χ2v) is 5.41. The van der Waals surface area contributed by atoms with Gasteiger partial charge in [-0.05, 0) is 37.8 Å². The number of rotatable bonds is 5. The molecule has 1 fully saturated rings. The summed E-state index contributed by atoms with van der Waals surface area (Å²) in [6.45, 7) is 1.36. The number of carbonyl (C=O) groups is 1.